The van der Waals surface area contributed by atoms with E-state index >= 15 is 0 Å². The molecule has 3 N–H and O–H groups in total. The summed E-state index contributed by atoms with van der Waals surface area (Å²) in [5.74, 6) is 5.95. The van der Waals surface area contributed by atoms with Crippen molar-refractivity contribution < 1.29 is 4.39 Å². The van der Waals surface area contributed by atoms with Gasteiger partial charge in [-0.25, -0.2) is 4.39 Å². The van der Waals surface area contributed by atoms with Gasteiger partial charge in [-0.2, -0.15) is 0 Å². The van der Waals surface area contributed by atoms with Gasteiger partial charge in [-0.15, -0.1) is 0 Å². The number of nitrogens with two attached hydrogens (primary N) is 1. The first-order valence-electron chi connectivity index (χ1n) is 5.74. The molecule has 2 nitrogen and oxygen atoms in total. The Morgan fingerprint density at radius 3 is 2.56 bits per heavy atom. The Bertz CT molecular complexity index is 337. The summed E-state index contributed by atoms with van der Waals surface area (Å²) in [6.45, 7) is 6.27. The quantitative estimate of drug-likeness (QED) is 0.596. The van der Waals surface area contributed by atoms with Gasteiger partial charge in [0.1, 0.15) is 5.82 Å². The van der Waals surface area contributed by atoms with Gasteiger partial charge in [0.2, 0.25) is 0 Å². The zero-order chi connectivity index (χ0) is 12.1. The van der Waals surface area contributed by atoms with Crippen LogP contribution in [0.1, 0.15) is 31.4 Å². The number of hydrogen-bond donors (Lipinski definition) is 2. The lowest BCUT2D eigenvalue weighted by atomic mass is 9.95. The van der Waals surface area contributed by atoms with Crippen molar-refractivity contribution in [2.75, 3.05) is 0 Å². The summed E-state index contributed by atoms with van der Waals surface area (Å²) < 4.78 is 12.9. The van der Waals surface area contributed by atoms with Gasteiger partial charge in [-0.1, -0.05) is 19.9 Å². The van der Waals surface area contributed by atoms with E-state index in [-0.39, 0.29) is 11.9 Å². The Kier molecular flexibility index (Phi) is 4.90. The lowest BCUT2D eigenvalue weighted by molar-refractivity contribution is 0.422. The van der Waals surface area contributed by atoms with Crippen molar-refractivity contribution in [1.82, 2.24) is 5.43 Å². The Labute approximate surface area is 97.0 Å². The molecule has 90 valence electrons. The van der Waals surface area contributed by atoms with E-state index in [2.05, 4.69) is 19.3 Å². The van der Waals surface area contributed by atoms with Gasteiger partial charge in [-0.3, -0.25) is 11.3 Å². The first kappa shape index (κ1) is 13.1. The van der Waals surface area contributed by atoms with Crippen molar-refractivity contribution in [2.24, 2.45) is 11.8 Å². The van der Waals surface area contributed by atoms with Crippen LogP contribution in [0.3, 0.4) is 0 Å². The van der Waals surface area contributed by atoms with Crippen molar-refractivity contribution in [3.63, 3.8) is 0 Å². The van der Waals surface area contributed by atoms with E-state index in [1.807, 2.05) is 13.0 Å². The number of benzene rings is 1. The third-order valence-electron chi connectivity index (χ3n) is 2.76. The Morgan fingerprint density at radius 2 is 2.06 bits per heavy atom. The number of rotatable bonds is 5. The van der Waals surface area contributed by atoms with E-state index in [9.17, 15) is 4.39 Å². The summed E-state index contributed by atoms with van der Waals surface area (Å²) in [7, 11) is 0. The fraction of sp³-hybridized carbons (Fsp3) is 0.538. The average molecular weight is 224 g/mol. The van der Waals surface area contributed by atoms with Crippen molar-refractivity contribution in [3.05, 3.63) is 35.1 Å². The number of aryl methyl sites for hydroxylation is 1. The maximum Gasteiger partial charge on any atom is 0.123 e. The van der Waals surface area contributed by atoms with Crippen LogP contribution in [0.5, 0.6) is 0 Å². The smallest absolute Gasteiger partial charge is 0.123 e. The molecule has 0 bridgehead atoms. The first-order chi connectivity index (χ1) is 7.52. The molecule has 1 unspecified atom stereocenters. The highest BCUT2D eigenvalue weighted by Gasteiger charge is 2.11. The summed E-state index contributed by atoms with van der Waals surface area (Å²) >= 11 is 0. The molecular formula is C13H21FN2. The minimum atomic E-state index is -0.178. The molecule has 0 saturated carbocycles. The number of halogens is 1. The molecule has 0 aliphatic rings. The summed E-state index contributed by atoms with van der Waals surface area (Å²) in [5, 5.41) is 0. The third-order valence-corrected chi connectivity index (χ3v) is 2.76. The Morgan fingerprint density at radius 1 is 1.38 bits per heavy atom. The van der Waals surface area contributed by atoms with Crippen LogP contribution in [-0.2, 0) is 6.42 Å². The standard InChI is InChI=1S/C13H21FN2/c1-9(2)6-13(16-15)8-11-4-5-12(14)7-10(11)3/h4-5,7,9,13,16H,6,8,15H2,1-3H3. The molecule has 0 saturated heterocycles. The van der Waals surface area contributed by atoms with Crippen LogP contribution in [0, 0.1) is 18.7 Å². The van der Waals surface area contributed by atoms with Gasteiger partial charge >= 0.3 is 0 Å². The van der Waals surface area contributed by atoms with E-state index < -0.39 is 0 Å². The molecule has 0 amide bonds. The van der Waals surface area contributed by atoms with Gasteiger partial charge in [0.05, 0.1) is 0 Å². The van der Waals surface area contributed by atoms with Crippen molar-refractivity contribution in [1.29, 1.82) is 0 Å². The summed E-state index contributed by atoms with van der Waals surface area (Å²) in [5.41, 5.74) is 4.98. The number of hydrogen-bond acceptors (Lipinski definition) is 2. The maximum atomic E-state index is 12.9. The predicted molar refractivity (Wildman–Crippen MR) is 65.4 cm³/mol. The van der Waals surface area contributed by atoms with Crippen molar-refractivity contribution in [2.45, 2.75) is 39.7 Å². The zero-order valence-electron chi connectivity index (χ0n) is 10.3. The first-order valence-corrected chi connectivity index (χ1v) is 5.74. The predicted octanol–water partition coefficient (Wildman–Crippen LogP) is 2.55. The van der Waals surface area contributed by atoms with Crippen LogP contribution >= 0.6 is 0 Å². The molecule has 0 aliphatic heterocycles. The highest BCUT2D eigenvalue weighted by atomic mass is 19.1. The summed E-state index contributed by atoms with van der Waals surface area (Å²) in [4.78, 5) is 0. The second kappa shape index (κ2) is 5.97. The van der Waals surface area contributed by atoms with E-state index in [0.717, 1.165) is 24.0 Å². The second-order valence-electron chi connectivity index (χ2n) is 4.77. The molecule has 1 aromatic rings. The second-order valence-corrected chi connectivity index (χ2v) is 4.77. The highest BCUT2D eigenvalue weighted by molar-refractivity contribution is 5.27. The molecule has 16 heavy (non-hydrogen) atoms. The molecule has 1 rings (SSSR count). The fourth-order valence-corrected chi connectivity index (χ4v) is 1.93. The van der Waals surface area contributed by atoms with Crippen LogP contribution in [0.25, 0.3) is 0 Å². The summed E-state index contributed by atoms with van der Waals surface area (Å²) in [6.07, 6.45) is 1.87. The van der Waals surface area contributed by atoms with Crippen LogP contribution in [-0.4, -0.2) is 6.04 Å². The van der Waals surface area contributed by atoms with E-state index in [1.54, 1.807) is 6.07 Å². The van der Waals surface area contributed by atoms with Gasteiger partial charge in [-0.05, 0) is 48.9 Å². The van der Waals surface area contributed by atoms with Crippen LogP contribution in [0.15, 0.2) is 18.2 Å². The van der Waals surface area contributed by atoms with Crippen LogP contribution < -0.4 is 11.3 Å². The maximum absolute atomic E-state index is 12.9. The van der Waals surface area contributed by atoms with E-state index in [4.69, 9.17) is 5.84 Å². The Balaban J connectivity index is 2.70. The Hall–Kier alpha value is -0.930. The molecule has 0 aliphatic carbocycles. The number of nitrogens with one attached hydrogen (secondary N) is 1. The molecule has 0 radical (unpaired) electrons. The van der Waals surface area contributed by atoms with Gasteiger partial charge in [0.15, 0.2) is 0 Å². The third kappa shape index (κ3) is 3.91. The average Bonchev–Trinajstić information content (AvgIpc) is 2.20. The zero-order valence-corrected chi connectivity index (χ0v) is 10.3. The molecule has 0 spiro atoms. The minimum absolute atomic E-state index is 0.178. The number of hydrazine groups is 1. The lowest BCUT2D eigenvalue weighted by Gasteiger charge is -2.19. The van der Waals surface area contributed by atoms with E-state index in [1.165, 1.54) is 6.07 Å². The van der Waals surface area contributed by atoms with Crippen LogP contribution in [0.4, 0.5) is 4.39 Å². The molecule has 3 heteroatoms. The van der Waals surface area contributed by atoms with Gasteiger partial charge in [0.25, 0.3) is 0 Å². The van der Waals surface area contributed by atoms with Crippen molar-refractivity contribution in [3.8, 4) is 0 Å². The topological polar surface area (TPSA) is 38.0 Å². The molecule has 0 fully saturated rings. The van der Waals surface area contributed by atoms with Crippen molar-refractivity contribution >= 4 is 0 Å². The summed E-state index contributed by atoms with van der Waals surface area (Å²) in [6, 6.07) is 5.17. The molecule has 1 aromatic carbocycles. The van der Waals surface area contributed by atoms with Gasteiger partial charge < -0.3 is 0 Å². The van der Waals surface area contributed by atoms with Gasteiger partial charge in [0, 0.05) is 6.04 Å². The molecule has 1 atom stereocenters. The largest absolute Gasteiger partial charge is 0.271 e. The molecule has 0 aromatic heterocycles. The normalized spacial score (nSPS) is 13.1. The molecule has 0 heterocycles. The monoisotopic (exact) mass is 224 g/mol. The van der Waals surface area contributed by atoms with Crippen LogP contribution in [0.2, 0.25) is 0 Å². The fourth-order valence-electron chi connectivity index (χ4n) is 1.93. The SMILES string of the molecule is Cc1cc(F)ccc1CC(CC(C)C)NN. The molecular weight excluding hydrogens is 203 g/mol. The van der Waals surface area contributed by atoms with E-state index in [0.29, 0.717) is 5.92 Å². The highest BCUT2D eigenvalue weighted by Crippen LogP contribution is 2.15. The lowest BCUT2D eigenvalue weighted by Crippen LogP contribution is -2.37. The minimum Gasteiger partial charge on any atom is -0.271 e.